The van der Waals surface area contributed by atoms with E-state index in [-0.39, 0.29) is 18.3 Å². The highest BCUT2D eigenvalue weighted by molar-refractivity contribution is 7.99. The van der Waals surface area contributed by atoms with E-state index in [1.165, 1.54) is 0 Å². The van der Waals surface area contributed by atoms with Gasteiger partial charge in [0.15, 0.2) is 0 Å². The molecule has 21 heavy (non-hydrogen) atoms. The van der Waals surface area contributed by atoms with Crippen molar-refractivity contribution in [2.75, 3.05) is 23.4 Å². The Morgan fingerprint density at radius 3 is 2.86 bits per heavy atom. The van der Waals surface area contributed by atoms with E-state index >= 15 is 0 Å². The van der Waals surface area contributed by atoms with Crippen LogP contribution >= 0.6 is 24.2 Å². The Morgan fingerprint density at radius 1 is 1.24 bits per heavy atom. The molecule has 0 bridgehead atoms. The van der Waals surface area contributed by atoms with Crippen LogP contribution in [0.4, 0.5) is 5.69 Å². The zero-order chi connectivity index (χ0) is 13.8. The molecule has 1 atom stereocenters. The van der Waals surface area contributed by atoms with Gasteiger partial charge >= 0.3 is 0 Å². The molecule has 1 amide bonds. The highest BCUT2D eigenvalue weighted by Gasteiger charge is 2.17. The molecule has 0 radical (unpaired) electrons. The molecular formula is C16H19ClN2OS. The van der Waals surface area contributed by atoms with E-state index in [2.05, 4.69) is 22.8 Å². The third-order valence-electron chi connectivity index (χ3n) is 3.49. The van der Waals surface area contributed by atoms with E-state index in [0.717, 1.165) is 34.5 Å². The van der Waals surface area contributed by atoms with Crippen molar-refractivity contribution in [1.29, 1.82) is 0 Å². The first kappa shape index (κ1) is 16.1. The van der Waals surface area contributed by atoms with Crippen LogP contribution in [-0.4, -0.2) is 30.0 Å². The number of rotatable bonds is 3. The lowest BCUT2D eigenvalue weighted by atomic mass is 10.1. The van der Waals surface area contributed by atoms with Crippen LogP contribution in [0.15, 0.2) is 42.5 Å². The van der Waals surface area contributed by atoms with Crippen molar-refractivity contribution in [1.82, 2.24) is 5.32 Å². The van der Waals surface area contributed by atoms with Gasteiger partial charge in [-0.15, -0.1) is 12.4 Å². The molecule has 1 aliphatic rings. The Hall–Kier alpha value is -1.23. The Kier molecular flexibility index (Phi) is 5.91. The molecular weight excluding hydrogens is 304 g/mol. The monoisotopic (exact) mass is 322 g/mol. The normalized spacial score (nSPS) is 18.0. The van der Waals surface area contributed by atoms with Crippen molar-refractivity contribution in [3.05, 3.63) is 42.5 Å². The highest BCUT2D eigenvalue weighted by Crippen LogP contribution is 2.23. The number of carbonyl (C=O) groups is 1. The number of fused-ring (bicyclic) bond motifs is 1. The van der Waals surface area contributed by atoms with E-state index in [0.29, 0.717) is 12.5 Å². The number of hydrogen-bond donors (Lipinski definition) is 2. The van der Waals surface area contributed by atoms with Gasteiger partial charge < -0.3 is 10.6 Å². The fraction of sp³-hybridized carbons (Fsp3) is 0.312. The van der Waals surface area contributed by atoms with Gasteiger partial charge in [0, 0.05) is 41.6 Å². The summed E-state index contributed by atoms with van der Waals surface area (Å²) < 4.78 is 0. The summed E-state index contributed by atoms with van der Waals surface area (Å²) in [4.78, 5) is 12.2. The van der Waals surface area contributed by atoms with Gasteiger partial charge in [0.2, 0.25) is 5.91 Å². The number of anilines is 1. The van der Waals surface area contributed by atoms with Gasteiger partial charge in [0.25, 0.3) is 0 Å². The van der Waals surface area contributed by atoms with Crippen LogP contribution in [0.2, 0.25) is 0 Å². The number of carbonyl (C=O) groups excluding carboxylic acids is 1. The second-order valence-electron chi connectivity index (χ2n) is 5.00. The SMILES string of the molecule is Cl.O=C(CC1CSCCN1)Nc1cccc2ccccc12. The molecule has 3 rings (SSSR count). The second kappa shape index (κ2) is 7.69. The number of thioether (sulfide) groups is 1. The van der Waals surface area contributed by atoms with E-state index in [9.17, 15) is 4.79 Å². The average Bonchev–Trinajstić information content (AvgIpc) is 2.48. The Bertz CT molecular complexity index is 609. The van der Waals surface area contributed by atoms with E-state index in [1.54, 1.807) is 0 Å². The molecule has 0 saturated carbocycles. The Morgan fingerprint density at radius 2 is 2.05 bits per heavy atom. The number of amides is 1. The van der Waals surface area contributed by atoms with Crippen LogP contribution in [0.1, 0.15) is 6.42 Å². The van der Waals surface area contributed by atoms with Crippen LogP contribution < -0.4 is 10.6 Å². The molecule has 1 heterocycles. The van der Waals surface area contributed by atoms with Gasteiger partial charge in [-0.25, -0.2) is 0 Å². The van der Waals surface area contributed by atoms with Gasteiger partial charge in [-0.3, -0.25) is 4.79 Å². The van der Waals surface area contributed by atoms with E-state index in [1.807, 2.05) is 42.1 Å². The van der Waals surface area contributed by atoms with Gasteiger partial charge in [0.05, 0.1) is 0 Å². The molecule has 0 aromatic heterocycles. The van der Waals surface area contributed by atoms with Crippen LogP contribution in [-0.2, 0) is 4.79 Å². The second-order valence-corrected chi connectivity index (χ2v) is 6.15. The maximum absolute atomic E-state index is 12.2. The van der Waals surface area contributed by atoms with Gasteiger partial charge in [0.1, 0.15) is 0 Å². The molecule has 1 saturated heterocycles. The number of nitrogens with one attached hydrogen (secondary N) is 2. The Balaban J connectivity index is 0.00000161. The molecule has 1 unspecified atom stereocenters. The highest BCUT2D eigenvalue weighted by atomic mass is 35.5. The Labute approximate surface area is 135 Å². The van der Waals surface area contributed by atoms with Crippen molar-refractivity contribution in [2.45, 2.75) is 12.5 Å². The average molecular weight is 323 g/mol. The molecule has 0 spiro atoms. The number of halogens is 1. The smallest absolute Gasteiger partial charge is 0.225 e. The molecule has 112 valence electrons. The summed E-state index contributed by atoms with van der Waals surface area (Å²) in [5, 5.41) is 8.68. The predicted molar refractivity (Wildman–Crippen MR) is 93.6 cm³/mol. The predicted octanol–water partition coefficient (Wildman–Crippen LogP) is 3.30. The maximum Gasteiger partial charge on any atom is 0.225 e. The molecule has 2 aromatic carbocycles. The third kappa shape index (κ3) is 4.13. The summed E-state index contributed by atoms with van der Waals surface area (Å²) in [5.41, 5.74) is 0.900. The zero-order valence-electron chi connectivity index (χ0n) is 11.7. The summed E-state index contributed by atoms with van der Waals surface area (Å²) in [7, 11) is 0. The van der Waals surface area contributed by atoms with Crippen molar-refractivity contribution >= 4 is 46.5 Å². The summed E-state index contributed by atoms with van der Waals surface area (Å²) in [5.74, 6) is 2.24. The van der Waals surface area contributed by atoms with Crippen molar-refractivity contribution in [3.8, 4) is 0 Å². The largest absolute Gasteiger partial charge is 0.325 e. The van der Waals surface area contributed by atoms with Gasteiger partial charge in [-0.2, -0.15) is 11.8 Å². The molecule has 2 N–H and O–H groups in total. The van der Waals surface area contributed by atoms with Crippen molar-refractivity contribution in [2.24, 2.45) is 0 Å². The fourth-order valence-electron chi connectivity index (χ4n) is 2.51. The standard InChI is InChI=1S/C16H18N2OS.ClH/c19-16(10-13-11-20-9-8-17-13)18-15-7-3-5-12-4-1-2-6-14(12)15;/h1-7,13,17H,8-11H2,(H,18,19);1H. The minimum atomic E-state index is 0. The zero-order valence-corrected chi connectivity index (χ0v) is 13.3. The van der Waals surface area contributed by atoms with Crippen molar-refractivity contribution < 1.29 is 4.79 Å². The lowest BCUT2D eigenvalue weighted by molar-refractivity contribution is -0.116. The lowest BCUT2D eigenvalue weighted by Gasteiger charge is -2.22. The summed E-state index contributed by atoms with van der Waals surface area (Å²) >= 11 is 1.91. The van der Waals surface area contributed by atoms with Crippen LogP contribution in [0.25, 0.3) is 10.8 Å². The fourth-order valence-corrected chi connectivity index (χ4v) is 3.46. The lowest BCUT2D eigenvalue weighted by Crippen LogP contribution is -2.39. The summed E-state index contributed by atoms with van der Waals surface area (Å²) in [6, 6.07) is 14.4. The minimum absolute atomic E-state index is 0. The molecule has 2 aromatic rings. The van der Waals surface area contributed by atoms with Crippen LogP contribution in [0.3, 0.4) is 0 Å². The first-order valence-electron chi connectivity index (χ1n) is 6.92. The maximum atomic E-state index is 12.2. The number of hydrogen-bond acceptors (Lipinski definition) is 3. The molecule has 5 heteroatoms. The van der Waals surface area contributed by atoms with Gasteiger partial charge in [-0.1, -0.05) is 36.4 Å². The molecule has 1 aliphatic heterocycles. The van der Waals surface area contributed by atoms with E-state index < -0.39 is 0 Å². The minimum Gasteiger partial charge on any atom is -0.325 e. The third-order valence-corrected chi connectivity index (χ3v) is 4.62. The summed E-state index contributed by atoms with van der Waals surface area (Å²) in [6.45, 7) is 0.997. The van der Waals surface area contributed by atoms with Crippen molar-refractivity contribution in [3.63, 3.8) is 0 Å². The first-order valence-corrected chi connectivity index (χ1v) is 8.07. The molecule has 3 nitrogen and oxygen atoms in total. The van der Waals surface area contributed by atoms with Crippen LogP contribution in [0.5, 0.6) is 0 Å². The molecule has 0 aliphatic carbocycles. The first-order chi connectivity index (χ1) is 9.83. The topological polar surface area (TPSA) is 41.1 Å². The molecule has 1 fully saturated rings. The quantitative estimate of drug-likeness (QED) is 0.911. The van der Waals surface area contributed by atoms with E-state index in [4.69, 9.17) is 0 Å². The summed E-state index contributed by atoms with van der Waals surface area (Å²) in [6.07, 6.45) is 0.538. The van der Waals surface area contributed by atoms with Gasteiger partial charge in [-0.05, 0) is 11.5 Å². The van der Waals surface area contributed by atoms with Crippen LogP contribution in [0, 0.1) is 0 Å². The number of benzene rings is 2.